The molecule has 0 aliphatic heterocycles. The Morgan fingerprint density at radius 3 is 2.46 bits per heavy atom. The summed E-state index contributed by atoms with van der Waals surface area (Å²) < 4.78 is 19.1. The van der Waals surface area contributed by atoms with Crippen molar-refractivity contribution in [3.8, 4) is 0 Å². The van der Waals surface area contributed by atoms with E-state index in [2.05, 4.69) is 15.6 Å². The molecule has 0 aliphatic carbocycles. The Labute approximate surface area is 156 Å². The number of carbonyl (C=O) groups is 2. The standard InChI is InChI=1S/C18H24FN3O3S/c1-9(2)15(22-18(24)25-10(3)4)16(23)20-11(5)17-21-13-7-6-12(19)8-14(13)26-17/h6-11,15H,1-5H3,(H,20,23)(H,22,24)/t11-,15-/m1/s1. The van der Waals surface area contributed by atoms with Gasteiger partial charge in [0.1, 0.15) is 16.9 Å². The summed E-state index contributed by atoms with van der Waals surface area (Å²) in [4.78, 5) is 28.8. The Kier molecular flexibility index (Phi) is 6.52. The number of hydrogen-bond acceptors (Lipinski definition) is 5. The minimum absolute atomic E-state index is 0.119. The zero-order chi connectivity index (χ0) is 19.4. The van der Waals surface area contributed by atoms with E-state index in [0.717, 1.165) is 4.70 Å². The van der Waals surface area contributed by atoms with Crippen LogP contribution in [0.5, 0.6) is 0 Å². The minimum Gasteiger partial charge on any atom is -0.447 e. The molecular weight excluding hydrogens is 357 g/mol. The number of thiazole rings is 1. The van der Waals surface area contributed by atoms with Gasteiger partial charge < -0.3 is 15.4 Å². The number of fused-ring (bicyclic) bond motifs is 1. The van der Waals surface area contributed by atoms with Crippen LogP contribution in [-0.2, 0) is 9.53 Å². The highest BCUT2D eigenvalue weighted by atomic mass is 32.1. The monoisotopic (exact) mass is 381 g/mol. The highest BCUT2D eigenvalue weighted by Gasteiger charge is 2.27. The zero-order valence-corrected chi connectivity index (χ0v) is 16.3. The van der Waals surface area contributed by atoms with Gasteiger partial charge in [-0.2, -0.15) is 0 Å². The van der Waals surface area contributed by atoms with E-state index in [1.54, 1.807) is 26.8 Å². The van der Waals surface area contributed by atoms with Crippen molar-refractivity contribution in [1.29, 1.82) is 0 Å². The number of alkyl carbamates (subject to hydrolysis) is 1. The number of amides is 2. The van der Waals surface area contributed by atoms with E-state index >= 15 is 0 Å². The fourth-order valence-corrected chi connectivity index (χ4v) is 3.37. The van der Waals surface area contributed by atoms with Gasteiger partial charge in [-0.1, -0.05) is 13.8 Å². The predicted molar refractivity (Wildman–Crippen MR) is 99.5 cm³/mol. The summed E-state index contributed by atoms with van der Waals surface area (Å²) in [5.41, 5.74) is 0.687. The number of rotatable bonds is 6. The molecule has 142 valence electrons. The minimum atomic E-state index is -0.726. The lowest BCUT2D eigenvalue weighted by Crippen LogP contribution is -2.50. The van der Waals surface area contributed by atoms with Crippen LogP contribution in [0.1, 0.15) is 45.7 Å². The van der Waals surface area contributed by atoms with Crippen LogP contribution in [0.3, 0.4) is 0 Å². The van der Waals surface area contributed by atoms with Gasteiger partial charge >= 0.3 is 6.09 Å². The second kappa shape index (κ2) is 8.44. The molecule has 0 fully saturated rings. The van der Waals surface area contributed by atoms with Crippen molar-refractivity contribution in [2.75, 3.05) is 0 Å². The van der Waals surface area contributed by atoms with Crippen LogP contribution in [0.25, 0.3) is 10.2 Å². The van der Waals surface area contributed by atoms with Crippen molar-refractivity contribution in [2.24, 2.45) is 5.92 Å². The molecule has 0 aliphatic rings. The van der Waals surface area contributed by atoms with Gasteiger partial charge in [-0.3, -0.25) is 4.79 Å². The van der Waals surface area contributed by atoms with Crippen LogP contribution in [-0.4, -0.2) is 29.1 Å². The second-order valence-corrected chi connectivity index (χ2v) is 7.78. The average molecular weight is 381 g/mol. The van der Waals surface area contributed by atoms with Crippen molar-refractivity contribution in [3.05, 3.63) is 29.0 Å². The van der Waals surface area contributed by atoms with E-state index in [-0.39, 0.29) is 29.8 Å². The molecule has 1 aromatic carbocycles. The molecule has 2 N–H and O–H groups in total. The highest BCUT2D eigenvalue weighted by molar-refractivity contribution is 7.18. The number of aromatic nitrogens is 1. The van der Waals surface area contributed by atoms with E-state index in [4.69, 9.17) is 4.74 Å². The maximum atomic E-state index is 13.3. The molecule has 2 atom stereocenters. The zero-order valence-electron chi connectivity index (χ0n) is 15.5. The number of halogens is 1. The molecule has 2 aromatic rings. The molecule has 0 radical (unpaired) electrons. The van der Waals surface area contributed by atoms with Gasteiger partial charge in [-0.15, -0.1) is 11.3 Å². The van der Waals surface area contributed by atoms with Crippen molar-refractivity contribution in [1.82, 2.24) is 15.6 Å². The molecule has 8 heteroatoms. The summed E-state index contributed by atoms with van der Waals surface area (Å²) in [6, 6.07) is 3.29. The third kappa shape index (κ3) is 5.14. The van der Waals surface area contributed by atoms with E-state index in [0.29, 0.717) is 10.5 Å². The first-order valence-corrected chi connectivity index (χ1v) is 9.32. The number of ether oxygens (including phenoxy) is 1. The van der Waals surface area contributed by atoms with E-state index in [1.807, 2.05) is 13.8 Å². The number of hydrogen-bond donors (Lipinski definition) is 2. The number of carbonyl (C=O) groups excluding carboxylic acids is 2. The number of nitrogens with zero attached hydrogens (tertiary/aromatic N) is 1. The second-order valence-electron chi connectivity index (χ2n) is 6.71. The first-order chi connectivity index (χ1) is 12.2. The molecule has 0 saturated heterocycles. The van der Waals surface area contributed by atoms with Crippen molar-refractivity contribution >= 4 is 33.6 Å². The lowest BCUT2D eigenvalue weighted by atomic mass is 10.0. The summed E-state index contributed by atoms with van der Waals surface area (Å²) in [6.07, 6.45) is -0.898. The Balaban J connectivity index is 2.07. The average Bonchev–Trinajstić information content (AvgIpc) is 2.94. The summed E-state index contributed by atoms with van der Waals surface area (Å²) in [7, 11) is 0. The molecule has 0 unspecified atom stereocenters. The fourth-order valence-electron chi connectivity index (χ4n) is 2.38. The van der Waals surface area contributed by atoms with Crippen LogP contribution in [0.4, 0.5) is 9.18 Å². The molecule has 1 heterocycles. The third-order valence-electron chi connectivity index (χ3n) is 3.66. The highest BCUT2D eigenvalue weighted by Crippen LogP contribution is 2.27. The van der Waals surface area contributed by atoms with Crippen LogP contribution >= 0.6 is 11.3 Å². The van der Waals surface area contributed by atoms with Gasteiger partial charge in [-0.05, 0) is 44.9 Å². The molecule has 6 nitrogen and oxygen atoms in total. The van der Waals surface area contributed by atoms with Gasteiger partial charge in [0.25, 0.3) is 0 Å². The normalized spacial score (nSPS) is 13.7. The molecule has 0 spiro atoms. The summed E-state index contributed by atoms with van der Waals surface area (Å²) in [6.45, 7) is 8.95. The first kappa shape index (κ1) is 20.1. The fraction of sp³-hybridized carbons (Fsp3) is 0.500. The Hall–Kier alpha value is -2.22. The molecule has 2 rings (SSSR count). The molecule has 26 heavy (non-hydrogen) atoms. The Bertz CT molecular complexity index is 791. The molecular formula is C18H24FN3O3S. The maximum Gasteiger partial charge on any atom is 0.408 e. The van der Waals surface area contributed by atoms with Crippen LogP contribution in [0, 0.1) is 11.7 Å². The molecule has 0 saturated carbocycles. The van der Waals surface area contributed by atoms with E-state index in [9.17, 15) is 14.0 Å². The van der Waals surface area contributed by atoms with Crippen molar-refractivity contribution in [3.63, 3.8) is 0 Å². The van der Waals surface area contributed by atoms with Crippen molar-refractivity contribution < 1.29 is 18.7 Å². The van der Waals surface area contributed by atoms with Crippen LogP contribution < -0.4 is 10.6 Å². The Morgan fingerprint density at radius 1 is 1.15 bits per heavy atom. The van der Waals surface area contributed by atoms with E-state index < -0.39 is 12.1 Å². The molecule has 2 amide bonds. The maximum absolute atomic E-state index is 13.3. The lowest BCUT2D eigenvalue weighted by Gasteiger charge is -2.23. The lowest BCUT2D eigenvalue weighted by molar-refractivity contribution is -0.124. The largest absolute Gasteiger partial charge is 0.447 e. The van der Waals surface area contributed by atoms with Gasteiger partial charge in [0, 0.05) is 0 Å². The van der Waals surface area contributed by atoms with Gasteiger partial charge in [-0.25, -0.2) is 14.2 Å². The van der Waals surface area contributed by atoms with Gasteiger partial charge in [0.15, 0.2) is 0 Å². The Morgan fingerprint density at radius 2 is 1.85 bits per heavy atom. The first-order valence-electron chi connectivity index (χ1n) is 8.51. The summed E-state index contributed by atoms with van der Waals surface area (Å²) >= 11 is 1.33. The number of benzene rings is 1. The SMILES string of the molecule is CC(C)OC(=O)N[C@@H](C(=O)N[C@H](C)c1nc2ccc(F)cc2s1)C(C)C. The smallest absolute Gasteiger partial charge is 0.408 e. The van der Waals surface area contributed by atoms with Crippen molar-refractivity contribution in [2.45, 2.75) is 52.8 Å². The predicted octanol–water partition coefficient (Wildman–Crippen LogP) is 3.77. The van der Waals surface area contributed by atoms with Gasteiger partial charge in [0.05, 0.1) is 22.4 Å². The summed E-state index contributed by atoms with van der Waals surface area (Å²) in [5, 5.41) is 6.13. The quantitative estimate of drug-likeness (QED) is 0.798. The summed E-state index contributed by atoms with van der Waals surface area (Å²) in [5.74, 6) is -0.762. The van der Waals surface area contributed by atoms with Gasteiger partial charge in [0.2, 0.25) is 5.91 Å². The molecule has 0 bridgehead atoms. The third-order valence-corrected chi connectivity index (χ3v) is 4.86. The number of nitrogens with one attached hydrogen (secondary N) is 2. The van der Waals surface area contributed by atoms with Crippen LogP contribution in [0.15, 0.2) is 18.2 Å². The molecule has 1 aromatic heterocycles. The van der Waals surface area contributed by atoms with E-state index in [1.165, 1.54) is 23.5 Å². The van der Waals surface area contributed by atoms with Crippen LogP contribution in [0.2, 0.25) is 0 Å². The topological polar surface area (TPSA) is 80.3 Å².